The van der Waals surface area contributed by atoms with E-state index >= 15 is 0 Å². The van der Waals surface area contributed by atoms with Crippen molar-refractivity contribution in [3.8, 4) is 0 Å². The van der Waals surface area contributed by atoms with Crippen molar-refractivity contribution in [2.45, 2.75) is 31.7 Å². The molecule has 2 saturated heterocycles. The van der Waals surface area contributed by atoms with Gasteiger partial charge in [0.2, 0.25) is 0 Å². The molecule has 2 unspecified atom stereocenters. The van der Waals surface area contributed by atoms with Gasteiger partial charge in [0, 0.05) is 45.8 Å². The molecular formula is C14H29N7. The predicted molar refractivity (Wildman–Crippen MR) is 84.8 cm³/mol. The number of guanidine groups is 1. The van der Waals surface area contributed by atoms with Crippen molar-refractivity contribution in [1.29, 1.82) is 0 Å². The van der Waals surface area contributed by atoms with Gasteiger partial charge in [-0.05, 0) is 19.9 Å². The number of piperidine rings is 1. The van der Waals surface area contributed by atoms with Crippen LogP contribution in [0.1, 0.15) is 19.3 Å². The van der Waals surface area contributed by atoms with Crippen LogP contribution in [0.5, 0.6) is 0 Å². The van der Waals surface area contributed by atoms with Gasteiger partial charge in [0.25, 0.3) is 0 Å². The van der Waals surface area contributed by atoms with Crippen LogP contribution in [0.3, 0.4) is 0 Å². The Morgan fingerprint density at radius 3 is 2.52 bits per heavy atom. The predicted octanol–water partition coefficient (Wildman–Crippen LogP) is -1.16. The highest BCUT2D eigenvalue weighted by atomic mass is 15.5. The first-order valence-corrected chi connectivity index (χ1v) is 8.21. The fourth-order valence-electron chi connectivity index (χ4n) is 3.34. The smallest absolute Gasteiger partial charge is 0.192 e. The minimum atomic E-state index is 0.0454. The maximum atomic E-state index is 5.99. The van der Waals surface area contributed by atoms with Crippen molar-refractivity contribution in [3.63, 3.8) is 0 Å². The van der Waals surface area contributed by atoms with E-state index in [1.807, 2.05) is 0 Å². The second kappa shape index (κ2) is 6.91. The zero-order valence-corrected chi connectivity index (χ0v) is 13.1. The Hall–Kier alpha value is -0.890. The summed E-state index contributed by atoms with van der Waals surface area (Å²) in [6, 6.07) is 0. The Morgan fingerprint density at radius 2 is 1.81 bits per heavy atom. The lowest BCUT2D eigenvalue weighted by molar-refractivity contribution is 0.0961. The standard InChI is InChI=1S/C14H29N7/c1-19-7-9-20(10-8-19)11-12-16-13(15)18-14(17-12)21-5-3-2-4-6-21/h12,14,17H,2-11H2,1H3,(H3,15,16,18). The van der Waals surface area contributed by atoms with Crippen LogP contribution in [0, 0.1) is 0 Å². The first-order valence-electron chi connectivity index (χ1n) is 8.21. The van der Waals surface area contributed by atoms with E-state index in [0.717, 1.165) is 45.8 Å². The number of aliphatic imine (C=N–C) groups is 1. The molecule has 3 aliphatic heterocycles. The summed E-state index contributed by atoms with van der Waals surface area (Å²) in [5.74, 6) is 0.573. The molecule has 0 radical (unpaired) electrons. The number of nitrogens with zero attached hydrogens (tertiary/aromatic N) is 4. The molecule has 4 N–H and O–H groups in total. The quantitative estimate of drug-likeness (QED) is 0.610. The minimum absolute atomic E-state index is 0.0454. The molecule has 3 aliphatic rings. The number of nitrogens with two attached hydrogens (primary N) is 1. The number of rotatable bonds is 3. The van der Waals surface area contributed by atoms with E-state index in [9.17, 15) is 0 Å². The molecule has 0 amide bonds. The SMILES string of the molecule is CN1CCN(CC2NC(N)=NC(N3CCCCC3)N2)CC1. The van der Waals surface area contributed by atoms with E-state index in [-0.39, 0.29) is 12.5 Å². The summed E-state index contributed by atoms with van der Waals surface area (Å²) in [6.45, 7) is 7.76. The highest BCUT2D eigenvalue weighted by molar-refractivity contribution is 5.78. The lowest BCUT2D eigenvalue weighted by Gasteiger charge is -2.40. The zero-order valence-electron chi connectivity index (χ0n) is 13.1. The van der Waals surface area contributed by atoms with Crippen molar-refractivity contribution < 1.29 is 0 Å². The van der Waals surface area contributed by atoms with E-state index in [2.05, 4.69) is 37.4 Å². The summed E-state index contributed by atoms with van der Waals surface area (Å²) < 4.78 is 0. The third-order valence-electron chi connectivity index (χ3n) is 4.71. The lowest BCUT2D eigenvalue weighted by Crippen LogP contribution is -2.65. The molecule has 21 heavy (non-hydrogen) atoms. The normalized spacial score (nSPS) is 33.5. The van der Waals surface area contributed by atoms with Gasteiger partial charge < -0.3 is 16.0 Å². The van der Waals surface area contributed by atoms with E-state index < -0.39 is 0 Å². The molecule has 0 aromatic carbocycles. The van der Waals surface area contributed by atoms with Crippen LogP contribution in [0.25, 0.3) is 0 Å². The third kappa shape index (κ3) is 4.06. The van der Waals surface area contributed by atoms with Crippen molar-refractivity contribution in [3.05, 3.63) is 0 Å². The summed E-state index contributed by atoms with van der Waals surface area (Å²) in [6.07, 6.45) is 4.11. The summed E-state index contributed by atoms with van der Waals surface area (Å²) in [7, 11) is 2.19. The first-order chi connectivity index (χ1) is 10.2. The summed E-state index contributed by atoms with van der Waals surface area (Å²) in [5.41, 5.74) is 5.99. The molecule has 2 atom stereocenters. The maximum absolute atomic E-state index is 5.99. The molecule has 0 aromatic heterocycles. The van der Waals surface area contributed by atoms with Crippen LogP contribution >= 0.6 is 0 Å². The molecule has 2 fully saturated rings. The van der Waals surface area contributed by atoms with Gasteiger partial charge in [0.05, 0.1) is 6.17 Å². The van der Waals surface area contributed by atoms with E-state index in [1.165, 1.54) is 19.3 Å². The van der Waals surface area contributed by atoms with Crippen molar-refractivity contribution in [2.75, 3.05) is 52.9 Å². The Bertz CT molecular complexity index is 358. The molecule has 0 spiro atoms. The summed E-state index contributed by atoms with van der Waals surface area (Å²) >= 11 is 0. The van der Waals surface area contributed by atoms with Crippen molar-refractivity contribution in [1.82, 2.24) is 25.3 Å². The second-order valence-electron chi connectivity index (χ2n) is 6.45. The Kier molecular flexibility index (Phi) is 4.95. The zero-order chi connectivity index (χ0) is 14.7. The molecule has 0 aromatic rings. The van der Waals surface area contributed by atoms with Gasteiger partial charge in [-0.15, -0.1) is 0 Å². The molecule has 3 heterocycles. The molecule has 0 saturated carbocycles. The number of nitrogens with one attached hydrogen (secondary N) is 2. The van der Waals surface area contributed by atoms with Gasteiger partial charge in [-0.2, -0.15) is 0 Å². The number of likely N-dealkylation sites (tertiary alicyclic amines) is 1. The molecule has 3 rings (SSSR count). The van der Waals surface area contributed by atoms with Gasteiger partial charge in [0.15, 0.2) is 12.2 Å². The van der Waals surface area contributed by atoms with Crippen LogP contribution in [-0.4, -0.2) is 86.0 Å². The van der Waals surface area contributed by atoms with E-state index in [0.29, 0.717) is 5.96 Å². The van der Waals surface area contributed by atoms with Gasteiger partial charge in [-0.25, -0.2) is 4.99 Å². The van der Waals surface area contributed by atoms with Gasteiger partial charge in [-0.3, -0.25) is 15.1 Å². The first kappa shape index (κ1) is 15.0. The minimum Gasteiger partial charge on any atom is -0.370 e. The van der Waals surface area contributed by atoms with Gasteiger partial charge in [-0.1, -0.05) is 6.42 Å². The Balaban J connectivity index is 1.53. The highest BCUT2D eigenvalue weighted by Crippen LogP contribution is 2.13. The second-order valence-corrected chi connectivity index (χ2v) is 6.45. The summed E-state index contributed by atoms with van der Waals surface area (Å²) in [4.78, 5) is 11.8. The van der Waals surface area contributed by atoms with Crippen LogP contribution in [-0.2, 0) is 0 Å². The van der Waals surface area contributed by atoms with Gasteiger partial charge >= 0.3 is 0 Å². The topological polar surface area (TPSA) is 72.2 Å². The van der Waals surface area contributed by atoms with Crippen LogP contribution < -0.4 is 16.4 Å². The molecular weight excluding hydrogens is 266 g/mol. The molecule has 7 heteroatoms. The van der Waals surface area contributed by atoms with Crippen molar-refractivity contribution >= 4 is 5.96 Å². The molecule has 0 aliphatic carbocycles. The maximum Gasteiger partial charge on any atom is 0.192 e. The number of hydrogen-bond donors (Lipinski definition) is 3. The largest absolute Gasteiger partial charge is 0.370 e. The van der Waals surface area contributed by atoms with E-state index in [1.54, 1.807) is 0 Å². The number of likely N-dealkylation sites (N-methyl/N-ethyl adjacent to an activating group) is 1. The fourth-order valence-corrected chi connectivity index (χ4v) is 3.34. The average molecular weight is 295 g/mol. The number of piperazine rings is 1. The van der Waals surface area contributed by atoms with Crippen LogP contribution in [0.2, 0.25) is 0 Å². The highest BCUT2D eigenvalue weighted by Gasteiger charge is 2.28. The summed E-state index contributed by atoms with van der Waals surface area (Å²) in [5, 5.41) is 6.88. The monoisotopic (exact) mass is 295 g/mol. The van der Waals surface area contributed by atoms with Gasteiger partial charge in [0.1, 0.15) is 0 Å². The van der Waals surface area contributed by atoms with Crippen molar-refractivity contribution in [2.24, 2.45) is 10.7 Å². The van der Waals surface area contributed by atoms with E-state index in [4.69, 9.17) is 5.73 Å². The third-order valence-corrected chi connectivity index (χ3v) is 4.71. The van der Waals surface area contributed by atoms with Crippen LogP contribution in [0.15, 0.2) is 4.99 Å². The molecule has 0 bridgehead atoms. The average Bonchev–Trinajstić information content (AvgIpc) is 2.50. The van der Waals surface area contributed by atoms with Crippen LogP contribution in [0.4, 0.5) is 0 Å². The molecule has 7 nitrogen and oxygen atoms in total. The Labute approximate surface area is 127 Å². The molecule has 120 valence electrons. The fraction of sp³-hybridized carbons (Fsp3) is 0.929. The Morgan fingerprint density at radius 1 is 1.10 bits per heavy atom. The number of hydrogen-bond acceptors (Lipinski definition) is 7. The lowest BCUT2D eigenvalue weighted by atomic mass is 10.1.